The standard InChI is InChI=1S/C10H7Cl2N/c1-2-10(3-4-10)7-5-8(11)9(12)13-6-7/h1,5-6H,3-4H2. The number of hydrogen-bond donors (Lipinski definition) is 0. The Bertz CT molecular complexity index is 388. The zero-order valence-corrected chi connectivity index (χ0v) is 8.36. The molecule has 0 saturated heterocycles. The van der Waals surface area contributed by atoms with Gasteiger partial charge in [-0.2, -0.15) is 0 Å². The Hall–Kier alpha value is -0.710. The Balaban J connectivity index is 2.44. The molecule has 1 saturated carbocycles. The molecule has 0 N–H and O–H groups in total. The third-order valence-electron chi connectivity index (χ3n) is 2.38. The number of pyridine rings is 1. The van der Waals surface area contributed by atoms with Crippen molar-refractivity contribution in [2.45, 2.75) is 18.3 Å². The summed E-state index contributed by atoms with van der Waals surface area (Å²) in [6.07, 6.45) is 9.18. The van der Waals surface area contributed by atoms with Gasteiger partial charge in [-0.05, 0) is 24.5 Å². The molecule has 2 rings (SSSR count). The summed E-state index contributed by atoms with van der Waals surface area (Å²) in [6.45, 7) is 0. The molecule has 13 heavy (non-hydrogen) atoms. The number of rotatable bonds is 1. The van der Waals surface area contributed by atoms with Crippen LogP contribution in [-0.4, -0.2) is 4.98 Å². The molecule has 0 aliphatic heterocycles. The van der Waals surface area contributed by atoms with Gasteiger partial charge in [0.15, 0.2) is 0 Å². The van der Waals surface area contributed by atoms with Crippen molar-refractivity contribution >= 4 is 23.2 Å². The Morgan fingerprint density at radius 2 is 2.15 bits per heavy atom. The van der Waals surface area contributed by atoms with Crippen LogP contribution in [-0.2, 0) is 5.41 Å². The van der Waals surface area contributed by atoms with E-state index >= 15 is 0 Å². The Labute approximate surface area is 87.1 Å². The average molecular weight is 212 g/mol. The van der Waals surface area contributed by atoms with E-state index in [0.717, 1.165) is 18.4 Å². The van der Waals surface area contributed by atoms with E-state index in [9.17, 15) is 0 Å². The minimum absolute atomic E-state index is 0.110. The molecule has 1 aromatic rings. The van der Waals surface area contributed by atoms with Crippen molar-refractivity contribution in [1.29, 1.82) is 0 Å². The molecular formula is C10H7Cl2N. The average Bonchev–Trinajstić information content (AvgIpc) is 2.90. The Morgan fingerprint density at radius 1 is 1.46 bits per heavy atom. The summed E-state index contributed by atoms with van der Waals surface area (Å²) in [6, 6.07) is 1.81. The number of hydrogen-bond acceptors (Lipinski definition) is 1. The van der Waals surface area contributed by atoms with Gasteiger partial charge in [-0.3, -0.25) is 0 Å². The lowest BCUT2D eigenvalue weighted by Crippen LogP contribution is -2.02. The van der Waals surface area contributed by atoms with Gasteiger partial charge in [-0.15, -0.1) is 6.42 Å². The van der Waals surface area contributed by atoms with Gasteiger partial charge < -0.3 is 0 Å². The summed E-state index contributed by atoms with van der Waals surface area (Å²) in [7, 11) is 0. The molecule has 1 heterocycles. The first-order valence-corrected chi connectivity index (χ1v) is 4.73. The van der Waals surface area contributed by atoms with Gasteiger partial charge >= 0.3 is 0 Å². The second kappa shape index (κ2) is 2.90. The van der Waals surface area contributed by atoms with Crippen LogP contribution < -0.4 is 0 Å². The van der Waals surface area contributed by atoms with Crippen LogP contribution in [0.4, 0.5) is 0 Å². The summed E-state index contributed by atoms with van der Waals surface area (Å²) in [5.74, 6) is 2.77. The SMILES string of the molecule is C#CC1(c2cnc(Cl)c(Cl)c2)CC1. The van der Waals surface area contributed by atoms with Crippen molar-refractivity contribution in [3.8, 4) is 12.3 Å². The predicted molar refractivity (Wildman–Crippen MR) is 54.0 cm³/mol. The van der Waals surface area contributed by atoms with E-state index in [2.05, 4.69) is 10.9 Å². The summed E-state index contributed by atoms with van der Waals surface area (Å²) >= 11 is 11.5. The van der Waals surface area contributed by atoms with Crippen molar-refractivity contribution in [2.24, 2.45) is 0 Å². The van der Waals surface area contributed by atoms with Crippen molar-refractivity contribution in [3.05, 3.63) is 28.0 Å². The maximum atomic E-state index is 5.84. The van der Waals surface area contributed by atoms with E-state index in [1.165, 1.54) is 0 Å². The van der Waals surface area contributed by atoms with Crippen LogP contribution in [0.1, 0.15) is 18.4 Å². The summed E-state index contributed by atoms with van der Waals surface area (Å²) in [5.41, 5.74) is 0.894. The Morgan fingerprint density at radius 3 is 2.62 bits per heavy atom. The molecule has 1 aliphatic carbocycles. The highest BCUT2D eigenvalue weighted by Crippen LogP contribution is 2.48. The first-order chi connectivity index (χ1) is 6.18. The van der Waals surface area contributed by atoms with Crippen LogP contribution in [0.5, 0.6) is 0 Å². The molecule has 1 fully saturated rings. The molecule has 0 amide bonds. The van der Waals surface area contributed by atoms with Crippen molar-refractivity contribution in [3.63, 3.8) is 0 Å². The second-order valence-corrected chi connectivity index (χ2v) is 3.99. The molecule has 1 nitrogen and oxygen atoms in total. The van der Waals surface area contributed by atoms with Gasteiger partial charge in [0.1, 0.15) is 5.15 Å². The number of nitrogens with zero attached hydrogens (tertiary/aromatic N) is 1. The lowest BCUT2D eigenvalue weighted by molar-refractivity contribution is 0.918. The maximum absolute atomic E-state index is 5.84. The largest absolute Gasteiger partial charge is 0.243 e. The zero-order chi connectivity index (χ0) is 9.47. The summed E-state index contributed by atoms with van der Waals surface area (Å²) in [4.78, 5) is 3.97. The molecule has 0 atom stereocenters. The van der Waals surface area contributed by atoms with Gasteiger partial charge in [-0.1, -0.05) is 29.1 Å². The zero-order valence-electron chi connectivity index (χ0n) is 6.85. The highest BCUT2D eigenvalue weighted by Gasteiger charge is 2.43. The molecule has 66 valence electrons. The topological polar surface area (TPSA) is 12.9 Å². The van der Waals surface area contributed by atoms with E-state index in [1.807, 2.05) is 6.07 Å². The van der Waals surface area contributed by atoms with E-state index in [1.54, 1.807) is 6.20 Å². The van der Waals surface area contributed by atoms with Gasteiger partial charge in [0, 0.05) is 6.20 Å². The van der Waals surface area contributed by atoms with Gasteiger partial charge in [0.2, 0.25) is 0 Å². The highest BCUT2D eigenvalue weighted by atomic mass is 35.5. The minimum Gasteiger partial charge on any atom is -0.243 e. The van der Waals surface area contributed by atoms with E-state index < -0.39 is 0 Å². The maximum Gasteiger partial charge on any atom is 0.147 e. The van der Waals surface area contributed by atoms with Crippen LogP contribution in [0.25, 0.3) is 0 Å². The number of terminal acetylenes is 1. The second-order valence-electron chi connectivity index (χ2n) is 3.22. The molecule has 0 aromatic carbocycles. The van der Waals surface area contributed by atoms with Crippen LogP contribution in [0.15, 0.2) is 12.3 Å². The van der Waals surface area contributed by atoms with Gasteiger partial charge in [-0.25, -0.2) is 4.98 Å². The first kappa shape index (κ1) is 8.87. The molecule has 1 aromatic heterocycles. The number of halogens is 2. The lowest BCUT2D eigenvalue weighted by atomic mass is 9.99. The molecule has 1 aliphatic rings. The van der Waals surface area contributed by atoms with E-state index in [-0.39, 0.29) is 5.41 Å². The molecule has 0 radical (unpaired) electrons. The fourth-order valence-electron chi connectivity index (χ4n) is 1.32. The van der Waals surface area contributed by atoms with E-state index in [0.29, 0.717) is 10.2 Å². The van der Waals surface area contributed by atoms with Crippen molar-refractivity contribution in [2.75, 3.05) is 0 Å². The first-order valence-electron chi connectivity index (χ1n) is 3.97. The third kappa shape index (κ3) is 1.41. The van der Waals surface area contributed by atoms with Crippen LogP contribution in [0, 0.1) is 12.3 Å². The fourth-order valence-corrected chi connectivity index (χ4v) is 1.59. The monoisotopic (exact) mass is 211 g/mol. The van der Waals surface area contributed by atoms with Crippen molar-refractivity contribution < 1.29 is 0 Å². The molecule has 0 unspecified atom stereocenters. The van der Waals surface area contributed by atoms with Crippen molar-refractivity contribution in [1.82, 2.24) is 4.98 Å². The quantitative estimate of drug-likeness (QED) is 0.515. The van der Waals surface area contributed by atoms with Gasteiger partial charge in [0.25, 0.3) is 0 Å². The highest BCUT2D eigenvalue weighted by molar-refractivity contribution is 6.41. The smallest absolute Gasteiger partial charge is 0.147 e. The lowest BCUT2D eigenvalue weighted by Gasteiger charge is -2.07. The molecule has 0 bridgehead atoms. The number of aromatic nitrogens is 1. The molecule has 0 spiro atoms. The summed E-state index contributed by atoms with van der Waals surface area (Å²) in [5, 5.41) is 0.805. The van der Waals surface area contributed by atoms with Gasteiger partial charge in [0.05, 0.1) is 10.4 Å². The fraction of sp³-hybridized carbons (Fsp3) is 0.300. The molecular weight excluding hydrogens is 205 g/mol. The van der Waals surface area contributed by atoms with E-state index in [4.69, 9.17) is 29.6 Å². The van der Waals surface area contributed by atoms with Crippen LogP contribution in [0.3, 0.4) is 0 Å². The minimum atomic E-state index is -0.110. The predicted octanol–water partition coefficient (Wildman–Crippen LogP) is 3.05. The summed E-state index contributed by atoms with van der Waals surface area (Å²) < 4.78 is 0. The molecule has 3 heteroatoms. The Kier molecular flexibility index (Phi) is 1.98. The normalized spacial score (nSPS) is 17.9. The van der Waals surface area contributed by atoms with Crippen LogP contribution in [0.2, 0.25) is 10.2 Å². The third-order valence-corrected chi connectivity index (χ3v) is 3.06. The van der Waals surface area contributed by atoms with Crippen LogP contribution >= 0.6 is 23.2 Å².